The van der Waals surface area contributed by atoms with Gasteiger partial charge in [-0.3, -0.25) is 4.90 Å². The van der Waals surface area contributed by atoms with Gasteiger partial charge in [0, 0.05) is 24.3 Å². The molecule has 1 aliphatic carbocycles. The second-order valence-corrected chi connectivity index (χ2v) is 4.66. The van der Waals surface area contributed by atoms with Crippen molar-refractivity contribution < 1.29 is 0 Å². The zero-order valence-corrected chi connectivity index (χ0v) is 9.87. The van der Waals surface area contributed by atoms with Gasteiger partial charge in [0.25, 0.3) is 0 Å². The van der Waals surface area contributed by atoms with Crippen molar-refractivity contribution in [3.05, 3.63) is 29.0 Å². The summed E-state index contributed by atoms with van der Waals surface area (Å²) in [5.74, 6) is 0. The summed E-state index contributed by atoms with van der Waals surface area (Å²) in [5, 5.41) is 0.641. The van der Waals surface area contributed by atoms with Crippen LogP contribution in [0, 0.1) is 0 Å². The third kappa shape index (κ3) is 2.70. The Bertz CT molecular complexity index is 321. The molecular weight excluding hydrogens is 208 g/mol. The van der Waals surface area contributed by atoms with E-state index >= 15 is 0 Å². The first-order chi connectivity index (χ1) is 7.27. The topological polar surface area (TPSA) is 16.1 Å². The molecule has 0 amide bonds. The van der Waals surface area contributed by atoms with Crippen molar-refractivity contribution in [2.45, 2.75) is 38.3 Å². The van der Waals surface area contributed by atoms with Crippen LogP contribution in [-0.4, -0.2) is 23.0 Å². The molecule has 1 fully saturated rings. The van der Waals surface area contributed by atoms with Gasteiger partial charge in [0.05, 0.1) is 0 Å². The van der Waals surface area contributed by atoms with Gasteiger partial charge in [-0.25, -0.2) is 4.98 Å². The smallest absolute Gasteiger partial charge is 0.133 e. The highest BCUT2D eigenvalue weighted by atomic mass is 35.5. The van der Waals surface area contributed by atoms with Gasteiger partial charge < -0.3 is 0 Å². The number of aromatic nitrogens is 1. The van der Waals surface area contributed by atoms with E-state index in [1.165, 1.54) is 25.7 Å². The second-order valence-electron chi connectivity index (χ2n) is 4.31. The van der Waals surface area contributed by atoms with Crippen LogP contribution in [0.2, 0.25) is 5.15 Å². The molecule has 0 spiro atoms. The van der Waals surface area contributed by atoms with Crippen LogP contribution in [0.4, 0.5) is 0 Å². The molecule has 0 aliphatic heterocycles. The average Bonchev–Trinajstić information content (AvgIpc) is 2.74. The molecule has 0 atom stereocenters. The monoisotopic (exact) mass is 224 g/mol. The quantitative estimate of drug-likeness (QED) is 0.734. The predicted octanol–water partition coefficient (Wildman–Crippen LogP) is 3.11. The summed E-state index contributed by atoms with van der Waals surface area (Å²) in [5.41, 5.74) is 1.13. The van der Waals surface area contributed by atoms with E-state index in [-0.39, 0.29) is 0 Å². The third-order valence-electron chi connectivity index (χ3n) is 3.20. The summed E-state index contributed by atoms with van der Waals surface area (Å²) in [6, 6.07) is 4.74. The molecule has 0 aromatic carbocycles. The maximum atomic E-state index is 6.04. The molecule has 0 saturated heterocycles. The highest BCUT2D eigenvalue weighted by Crippen LogP contribution is 2.24. The SMILES string of the molecule is CN(Cc1cccnc1Cl)C1CCCC1. The second kappa shape index (κ2) is 4.95. The van der Waals surface area contributed by atoms with Crippen molar-refractivity contribution in [1.82, 2.24) is 9.88 Å². The molecule has 1 saturated carbocycles. The van der Waals surface area contributed by atoms with E-state index in [4.69, 9.17) is 11.6 Å². The van der Waals surface area contributed by atoms with Crippen LogP contribution >= 0.6 is 11.6 Å². The molecule has 2 nitrogen and oxygen atoms in total. The average molecular weight is 225 g/mol. The van der Waals surface area contributed by atoms with Crippen LogP contribution in [0.25, 0.3) is 0 Å². The number of hydrogen-bond acceptors (Lipinski definition) is 2. The molecule has 0 bridgehead atoms. The Hall–Kier alpha value is -0.600. The van der Waals surface area contributed by atoms with E-state index < -0.39 is 0 Å². The minimum absolute atomic E-state index is 0.641. The fourth-order valence-electron chi connectivity index (χ4n) is 2.28. The molecule has 15 heavy (non-hydrogen) atoms. The van der Waals surface area contributed by atoms with Crippen molar-refractivity contribution in [2.75, 3.05) is 7.05 Å². The van der Waals surface area contributed by atoms with E-state index in [1.807, 2.05) is 6.07 Å². The van der Waals surface area contributed by atoms with Gasteiger partial charge in [-0.2, -0.15) is 0 Å². The fourth-order valence-corrected chi connectivity index (χ4v) is 2.46. The van der Waals surface area contributed by atoms with Gasteiger partial charge in [0.2, 0.25) is 0 Å². The molecule has 0 radical (unpaired) electrons. The maximum Gasteiger partial charge on any atom is 0.133 e. The van der Waals surface area contributed by atoms with Crippen LogP contribution in [0.1, 0.15) is 31.2 Å². The normalized spacial score (nSPS) is 17.5. The van der Waals surface area contributed by atoms with E-state index in [1.54, 1.807) is 6.20 Å². The summed E-state index contributed by atoms with van der Waals surface area (Å²) >= 11 is 6.04. The minimum atomic E-state index is 0.641. The molecular formula is C12H17ClN2. The molecule has 1 aromatic heterocycles. The Labute approximate surface area is 96.3 Å². The standard InChI is InChI=1S/C12H17ClN2/c1-15(11-6-2-3-7-11)9-10-5-4-8-14-12(10)13/h4-5,8,11H,2-3,6-7,9H2,1H3. The van der Waals surface area contributed by atoms with Crippen LogP contribution in [0.5, 0.6) is 0 Å². The zero-order valence-electron chi connectivity index (χ0n) is 9.12. The number of hydrogen-bond donors (Lipinski definition) is 0. The first-order valence-electron chi connectivity index (χ1n) is 5.57. The summed E-state index contributed by atoms with van der Waals surface area (Å²) in [6.07, 6.45) is 7.13. The molecule has 1 heterocycles. The predicted molar refractivity (Wildman–Crippen MR) is 63.0 cm³/mol. The maximum absolute atomic E-state index is 6.04. The van der Waals surface area contributed by atoms with Crippen molar-refractivity contribution >= 4 is 11.6 Å². The molecule has 3 heteroatoms. The number of rotatable bonds is 3. The van der Waals surface area contributed by atoms with Gasteiger partial charge in [0.15, 0.2) is 0 Å². The fraction of sp³-hybridized carbons (Fsp3) is 0.583. The Kier molecular flexibility index (Phi) is 3.60. The van der Waals surface area contributed by atoms with E-state index in [0.717, 1.165) is 18.2 Å². The number of nitrogens with zero attached hydrogens (tertiary/aromatic N) is 2. The highest BCUT2D eigenvalue weighted by Gasteiger charge is 2.19. The summed E-state index contributed by atoms with van der Waals surface area (Å²) < 4.78 is 0. The van der Waals surface area contributed by atoms with Crippen LogP contribution in [0.3, 0.4) is 0 Å². The van der Waals surface area contributed by atoms with Gasteiger partial charge in [0.1, 0.15) is 5.15 Å². The Balaban J connectivity index is 1.99. The van der Waals surface area contributed by atoms with Gasteiger partial charge >= 0.3 is 0 Å². The highest BCUT2D eigenvalue weighted by molar-refractivity contribution is 6.30. The number of halogens is 1. The molecule has 0 unspecified atom stereocenters. The Morgan fingerprint density at radius 3 is 2.87 bits per heavy atom. The molecule has 0 N–H and O–H groups in total. The lowest BCUT2D eigenvalue weighted by Crippen LogP contribution is -2.28. The first kappa shape index (κ1) is 10.9. The molecule has 82 valence electrons. The molecule has 2 rings (SSSR count). The van der Waals surface area contributed by atoms with Crippen LogP contribution in [0.15, 0.2) is 18.3 Å². The van der Waals surface area contributed by atoms with Crippen molar-refractivity contribution in [3.63, 3.8) is 0 Å². The van der Waals surface area contributed by atoms with E-state index in [0.29, 0.717) is 5.15 Å². The zero-order chi connectivity index (χ0) is 10.7. The lowest BCUT2D eigenvalue weighted by atomic mass is 10.2. The van der Waals surface area contributed by atoms with Crippen LogP contribution < -0.4 is 0 Å². The lowest BCUT2D eigenvalue weighted by Gasteiger charge is -2.24. The Morgan fingerprint density at radius 2 is 2.20 bits per heavy atom. The van der Waals surface area contributed by atoms with Crippen molar-refractivity contribution in [3.8, 4) is 0 Å². The first-order valence-corrected chi connectivity index (χ1v) is 5.95. The van der Waals surface area contributed by atoms with Crippen molar-refractivity contribution in [1.29, 1.82) is 0 Å². The number of pyridine rings is 1. The van der Waals surface area contributed by atoms with Gasteiger partial charge in [-0.1, -0.05) is 30.5 Å². The molecule has 1 aromatic rings. The minimum Gasteiger partial charge on any atom is -0.299 e. The molecule has 1 aliphatic rings. The lowest BCUT2D eigenvalue weighted by molar-refractivity contribution is 0.237. The van der Waals surface area contributed by atoms with Gasteiger partial charge in [-0.15, -0.1) is 0 Å². The Morgan fingerprint density at radius 1 is 1.47 bits per heavy atom. The van der Waals surface area contributed by atoms with Crippen LogP contribution in [-0.2, 0) is 6.54 Å². The summed E-state index contributed by atoms with van der Waals surface area (Å²) in [7, 11) is 2.18. The largest absolute Gasteiger partial charge is 0.299 e. The van der Waals surface area contributed by atoms with E-state index in [2.05, 4.69) is 23.0 Å². The summed E-state index contributed by atoms with van der Waals surface area (Å²) in [6.45, 7) is 0.914. The summed E-state index contributed by atoms with van der Waals surface area (Å²) in [4.78, 5) is 6.50. The van der Waals surface area contributed by atoms with E-state index in [9.17, 15) is 0 Å². The van der Waals surface area contributed by atoms with Crippen molar-refractivity contribution in [2.24, 2.45) is 0 Å². The van der Waals surface area contributed by atoms with Gasteiger partial charge in [-0.05, 0) is 26.0 Å². The third-order valence-corrected chi connectivity index (χ3v) is 3.54.